The van der Waals surface area contributed by atoms with E-state index in [2.05, 4.69) is 16.1 Å². The van der Waals surface area contributed by atoms with E-state index >= 15 is 0 Å². The van der Waals surface area contributed by atoms with Crippen molar-refractivity contribution < 1.29 is 9.63 Å². The van der Waals surface area contributed by atoms with Crippen molar-refractivity contribution in [2.75, 3.05) is 6.61 Å². The molecule has 0 atom stereocenters. The van der Waals surface area contributed by atoms with Crippen LogP contribution in [0.3, 0.4) is 0 Å². The zero-order valence-corrected chi connectivity index (χ0v) is 8.63. The van der Waals surface area contributed by atoms with Gasteiger partial charge < -0.3 is 14.2 Å². The van der Waals surface area contributed by atoms with Gasteiger partial charge in [0.25, 0.3) is 0 Å². The quantitative estimate of drug-likeness (QED) is 0.754. The average molecular weight is 217 g/mol. The summed E-state index contributed by atoms with van der Waals surface area (Å²) >= 11 is 0. The summed E-state index contributed by atoms with van der Waals surface area (Å²) in [5.41, 5.74) is 0.741. The first-order chi connectivity index (χ1) is 7.83. The Bertz CT molecular complexity index is 507. The first-order valence-corrected chi connectivity index (χ1v) is 4.86. The normalized spacial score (nSPS) is 10.2. The van der Waals surface area contributed by atoms with E-state index in [0.717, 1.165) is 11.5 Å². The number of aromatic nitrogens is 3. The second-order valence-corrected chi connectivity index (χ2v) is 3.27. The molecule has 0 aromatic carbocycles. The van der Waals surface area contributed by atoms with Crippen LogP contribution in [0, 0.1) is 12.3 Å². The van der Waals surface area contributed by atoms with Gasteiger partial charge in [-0.3, -0.25) is 0 Å². The third kappa shape index (κ3) is 2.12. The highest BCUT2D eigenvalue weighted by atomic mass is 16.5. The van der Waals surface area contributed by atoms with Gasteiger partial charge >= 0.3 is 0 Å². The number of aliphatic hydroxyl groups excluding tert-OH is 1. The second-order valence-electron chi connectivity index (χ2n) is 3.27. The summed E-state index contributed by atoms with van der Waals surface area (Å²) in [7, 11) is 0. The molecular formula is C11H11N3O2. The zero-order valence-electron chi connectivity index (χ0n) is 8.63. The van der Waals surface area contributed by atoms with Gasteiger partial charge in [0.2, 0.25) is 5.76 Å². The summed E-state index contributed by atoms with van der Waals surface area (Å²) in [6.45, 7) is 0.617. The van der Waals surface area contributed by atoms with Gasteiger partial charge in [-0.2, -0.15) is 0 Å². The summed E-state index contributed by atoms with van der Waals surface area (Å²) in [5, 5.41) is 12.7. The van der Waals surface area contributed by atoms with Gasteiger partial charge in [-0.1, -0.05) is 5.16 Å². The summed E-state index contributed by atoms with van der Waals surface area (Å²) in [5.74, 6) is 3.60. The molecule has 16 heavy (non-hydrogen) atoms. The second kappa shape index (κ2) is 4.64. The van der Waals surface area contributed by atoms with Gasteiger partial charge in [0.05, 0.1) is 13.2 Å². The Morgan fingerprint density at radius 1 is 1.56 bits per heavy atom. The van der Waals surface area contributed by atoms with E-state index in [9.17, 15) is 0 Å². The fourth-order valence-corrected chi connectivity index (χ4v) is 1.44. The Morgan fingerprint density at radius 3 is 3.12 bits per heavy atom. The number of imidazole rings is 1. The zero-order chi connectivity index (χ0) is 11.4. The lowest BCUT2D eigenvalue weighted by Gasteiger charge is -2.03. The van der Waals surface area contributed by atoms with Crippen LogP contribution in [0.2, 0.25) is 0 Å². The van der Waals surface area contributed by atoms with Crippen molar-refractivity contribution in [3.63, 3.8) is 0 Å². The Balaban J connectivity index is 2.14. The third-order valence-corrected chi connectivity index (χ3v) is 2.17. The minimum atomic E-state index is 0.0748. The number of nitrogens with zero attached hydrogens (tertiary/aromatic N) is 3. The highest BCUT2D eigenvalue weighted by Crippen LogP contribution is 2.06. The molecule has 0 saturated carbocycles. The number of rotatable bonds is 4. The summed E-state index contributed by atoms with van der Waals surface area (Å²) in [4.78, 5) is 4.13. The molecule has 0 spiro atoms. The molecule has 0 unspecified atom stereocenters. The lowest BCUT2D eigenvalue weighted by molar-refractivity contribution is 0.294. The van der Waals surface area contributed by atoms with Crippen molar-refractivity contribution in [2.45, 2.75) is 13.0 Å². The molecule has 0 aliphatic heterocycles. The van der Waals surface area contributed by atoms with Crippen LogP contribution in [-0.4, -0.2) is 26.4 Å². The molecular weight excluding hydrogens is 206 g/mol. The fraction of sp³-hybridized carbons (Fsp3) is 0.273. The number of hydrogen-bond donors (Lipinski definition) is 1. The highest BCUT2D eigenvalue weighted by Gasteiger charge is 2.06. The summed E-state index contributed by atoms with van der Waals surface area (Å²) in [6.07, 6.45) is 9.22. The van der Waals surface area contributed by atoms with E-state index in [1.165, 1.54) is 0 Å². The molecule has 0 radical (unpaired) electrons. The maximum Gasteiger partial charge on any atom is 0.209 e. The molecule has 0 aliphatic rings. The molecule has 0 saturated heterocycles. The predicted octanol–water partition coefficient (Wildman–Crippen LogP) is 0.435. The van der Waals surface area contributed by atoms with Gasteiger partial charge in [-0.15, -0.1) is 6.42 Å². The highest BCUT2D eigenvalue weighted by molar-refractivity contribution is 5.22. The molecule has 1 N–H and O–H groups in total. The van der Waals surface area contributed by atoms with Crippen LogP contribution in [0.5, 0.6) is 0 Å². The molecule has 2 rings (SSSR count). The van der Waals surface area contributed by atoms with Crippen LogP contribution in [0.1, 0.15) is 17.3 Å². The smallest absolute Gasteiger partial charge is 0.209 e. The van der Waals surface area contributed by atoms with E-state index in [0.29, 0.717) is 18.7 Å². The number of terminal acetylenes is 1. The Kier molecular flexibility index (Phi) is 3.03. The molecule has 2 heterocycles. The van der Waals surface area contributed by atoms with E-state index in [4.69, 9.17) is 16.1 Å². The van der Waals surface area contributed by atoms with Crippen LogP contribution in [0.15, 0.2) is 23.0 Å². The lowest BCUT2D eigenvalue weighted by Crippen LogP contribution is -2.06. The topological polar surface area (TPSA) is 64.1 Å². The van der Waals surface area contributed by atoms with Crippen molar-refractivity contribution in [3.05, 3.63) is 35.7 Å². The van der Waals surface area contributed by atoms with Gasteiger partial charge in [-0.25, -0.2) is 4.98 Å². The van der Waals surface area contributed by atoms with E-state index in [1.807, 2.05) is 10.8 Å². The largest absolute Gasteiger partial charge is 0.396 e. The molecule has 2 aromatic rings. The van der Waals surface area contributed by atoms with Crippen LogP contribution in [-0.2, 0) is 13.0 Å². The van der Waals surface area contributed by atoms with Crippen molar-refractivity contribution in [3.8, 4) is 12.3 Å². The number of hydrogen-bond acceptors (Lipinski definition) is 4. The Morgan fingerprint density at radius 2 is 2.44 bits per heavy atom. The molecule has 0 aliphatic carbocycles. The summed E-state index contributed by atoms with van der Waals surface area (Å²) in [6, 6.07) is 1.71. The number of aliphatic hydroxyl groups is 1. The summed E-state index contributed by atoms with van der Waals surface area (Å²) < 4.78 is 6.79. The first kappa shape index (κ1) is 10.5. The van der Waals surface area contributed by atoms with Crippen molar-refractivity contribution >= 4 is 0 Å². The van der Waals surface area contributed by atoms with Gasteiger partial charge in [-0.05, 0) is 5.92 Å². The molecule has 5 heteroatoms. The van der Waals surface area contributed by atoms with Crippen molar-refractivity contribution in [1.82, 2.24) is 14.7 Å². The first-order valence-electron chi connectivity index (χ1n) is 4.86. The van der Waals surface area contributed by atoms with Crippen LogP contribution in [0.4, 0.5) is 0 Å². The van der Waals surface area contributed by atoms with Crippen molar-refractivity contribution in [2.24, 2.45) is 0 Å². The van der Waals surface area contributed by atoms with Gasteiger partial charge in [0.1, 0.15) is 11.5 Å². The predicted molar refractivity (Wildman–Crippen MR) is 56.6 cm³/mol. The molecule has 0 amide bonds. The van der Waals surface area contributed by atoms with E-state index in [-0.39, 0.29) is 6.61 Å². The maximum absolute atomic E-state index is 8.86. The van der Waals surface area contributed by atoms with Crippen LogP contribution < -0.4 is 0 Å². The van der Waals surface area contributed by atoms with Crippen molar-refractivity contribution in [1.29, 1.82) is 0 Å². The molecule has 82 valence electrons. The molecule has 2 aromatic heterocycles. The maximum atomic E-state index is 8.86. The van der Waals surface area contributed by atoms with Crippen LogP contribution in [0.25, 0.3) is 0 Å². The lowest BCUT2D eigenvalue weighted by atomic mass is 10.3. The minimum Gasteiger partial charge on any atom is -0.396 e. The van der Waals surface area contributed by atoms with E-state index in [1.54, 1.807) is 12.3 Å². The third-order valence-electron chi connectivity index (χ3n) is 2.17. The van der Waals surface area contributed by atoms with E-state index < -0.39 is 0 Å². The Labute approximate surface area is 92.7 Å². The van der Waals surface area contributed by atoms with Gasteiger partial charge in [0.15, 0.2) is 0 Å². The minimum absolute atomic E-state index is 0.0748. The molecule has 0 fully saturated rings. The standard InChI is InChI=1S/C11H11N3O2/c1-2-10-7-9(13-16-10)8-14-5-4-12-11(14)3-6-15/h1,4-5,7,15H,3,6,8H2. The van der Waals surface area contributed by atoms with Gasteiger partial charge in [0, 0.05) is 24.9 Å². The Hall–Kier alpha value is -2.06. The SMILES string of the molecule is C#Cc1cc(Cn2ccnc2CCO)no1. The molecule has 0 bridgehead atoms. The van der Waals surface area contributed by atoms with Crippen LogP contribution >= 0.6 is 0 Å². The molecule has 5 nitrogen and oxygen atoms in total. The monoisotopic (exact) mass is 217 g/mol. The fourth-order valence-electron chi connectivity index (χ4n) is 1.44. The average Bonchev–Trinajstić information content (AvgIpc) is 2.90.